The van der Waals surface area contributed by atoms with E-state index in [-0.39, 0.29) is 18.0 Å². The normalized spacial score (nSPS) is 14.9. The minimum atomic E-state index is -0.217. The summed E-state index contributed by atoms with van der Waals surface area (Å²) in [7, 11) is 0. The van der Waals surface area contributed by atoms with E-state index in [2.05, 4.69) is 0 Å². The number of benzene rings is 1. The Bertz CT molecular complexity index is 312. The number of ether oxygens (including phenoxy) is 1. The van der Waals surface area contributed by atoms with Crippen molar-refractivity contribution in [2.45, 2.75) is 32.9 Å². The summed E-state index contributed by atoms with van der Waals surface area (Å²) in [6.07, 6.45) is -0.0696. The van der Waals surface area contributed by atoms with E-state index in [0.717, 1.165) is 0 Å². The highest BCUT2D eigenvalue weighted by Gasteiger charge is 2.09. The fraction of sp³-hybridized carbons (Fsp3) is 0.455. The molecule has 0 spiro atoms. The van der Waals surface area contributed by atoms with Crippen LogP contribution in [0.25, 0.3) is 0 Å². The number of rotatable bonds is 3. The zero-order valence-corrected chi connectivity index (χ0v) is 8.75. The Hall–Kier alpha value is -1.09. The van der Waals surface area contributed by atoms with Crippen molar-refractivity contribution in [1.82, 2.24) is 0 Å². The van der Waals surface area contributed by atoms with Crippen molar-refractivity contribution < 1.29 is 9.13 Å². The van der Waals surface area contributed by atoms with Crippen molar-refractivity contribution in [3.05, 3.63) is 29.6 Å². The molecule has 0 aliphatic rings. The van der Waals surface area contributed by atoms with Crippen LogP contribution in [0.15, 0.2) is 18.2 Å². The van der Waals surface area contributed by atoms with Gasteiger partial charge in [-0.15, -0.1) is 0 Å². The molecule has 78 valence electrons. The largest absolute Gasteiger partial charge is 0.489 e. The Kier molecular flexibility index (Phi) is 3.47. The van der Waals surface area contributed by atoms with Crippen molar-refractivity contribution >= 4 is 0 Å². The molecule has 0 bridgehead atoms. The maximum Gasteiger partial charge on any atom is 0.126 e. The van der Waals surface area contributed by atoms with Crippen LogP contribution in [0, 0.1) is 12.7 Å². The highest BCUT2D eigenvalue weighted by atomic mass is 19.1. The van der Waals surface area contributed by atoms with E-state index in [1.807, 2.05) is 13.8 Å². The van der Waals surface area contributed by atoms with Gasteiger partial charge in [0.15, 0.2) is 0 Å². The number of hydrogen-bond donors (Lipinski definition) is 1. The van der Waals surface area contributed by atoms with Gasteiger partial charge in [0, 0.05) is 6.04 Å². The fourth-order valence-corrected chi connectivity index (χ4v) is 1.01. The van der Waals surface area contributed by atoms with Crippen LogP contribution in [0.3, 0.4) is 0 Å². The lowest BCUT2D eigenvalue weighted by molar-refractivity contribution is 0.196. The van der Waals surface area contributed by atoms with Gasteiger partial charge in [-0.25, -0.2) is 4.39 Å². The molecule has 1 aromatic rings. The first-order valence-corrected chi connectivity index (χ1v) is 4.69. The molecule has 0 saturated carbocycles. The molecule has 1 rings (SSSR count). The van der Waals surface area contributed by atoms with Crippen LogP contribution in [0.4, 0.5) is 4.39 Å². The van der Waals surface area contributed by atoms with E-state index in [9.17, 15) is 4.39 Å². The first-order chi connectivity index (χ1) is 6.50. The molecule has 0 radical (unpaired) electrons. The lowest BCUT2D eigenvalue weighted by Crippen LogP contribution is -2.33. The predicted octanol–water partition coefficient (Wildman–Crippen LogP) is 2.25. The summed E-state index contributed by atoms with van der Waals surface area (Å²) in [5.41, 5.74) is 6.24. The average Bonchev–Trinajstić information content (AvgIpc) is 2.11. The summed E-state index contributed by atoms with van der Waals surface area (Å²) in [5, 5.41) is 0. The van der Waals surface area contributed by atoms with Gasteiger partial charge in [0.1, 0.15) is 17.7 Å². The number of halogens is 1. The number of nitrogens with two attached hydrogens (primary N) is 1. The van der Waals surface area contributed by atoms with Crippen LogP contribution >= 0.6 is 0 Å². The summed E-state index contributed by atoms with van der Waals surface area (Å²) in [6.45, 7) is 5.48. The number of hydrogen-bond acceptors (Lipinski definition) is 2. The van der Waals surface area contributed by atoms with Crippen molar-refractivity contribution in [2.24, 2.45) is 5.73 Å². The molecule has 0 saturated heterocycles. The molecule has 2 unspecified atom stereocenters. The Morgan fingerprint density at radius 2 is 2.00 bits per heavy atom. The third-order valence-corrected chi connectivity index (χ3v) is 2.19. The summed E-state index contributed by atoms with van der Waals surface area (Å²) in [4.78, 5) is 0. The van der Waals surface area contributed by atoms with E-state index in [1.165, 1.54) is 6.07 Å². The molecule has 2 atom stereocenters. The van der Waals surface area contributed by atoms with Gasteiger partial charge in [-0.05, 0) is 44.5 Å². The maximum atomic E-state index is 12.9. The Labute approximate surface area is 83.9 Å². The molecular weight excluding hydrogens is 181 g/mol. The lowest BCUT2D eigenvalue weighted by atomic mass is 10.2. The van der Waals surface area contributed by atoms with Crippen LogP contribution in [-0.2, 0) is 0 Å². The second-order valence-corrected chi connectivity index (χ2v) is 3.59. The Balaban J connectivity index is 2.73. The summed E-state index contributed by atoms with van der Waals surface area (Å²) >= 11 is 0. The van der Waals surface area contributed by atoms with Gasteiger partial charge in [-0.1, -0.05) is 0 Å². The van der Waals surface area contributed by atoms with E-state index in [4.69, 9.17) is 10.5 Å². The first-order valence-electron chi connectivity index (χ1n) is 4.69. The third-order valence-electron chi connectivity index (χ3n) is 2.19. The summed E-state index contributed by atoms with van der Waals surface area (Å²) in [6, 6.07) is 4.65. The SMILES string of the molecule is Cc1cc(OC(C)C(C)N)ccc1F. The third kappa shape index (κ3) is 2.70. The Morgan fingerprint density at radius 1 is 1.36 bits per heavy atom. The average molecular weight is 197 g/mol. The van der Waals surface area contributed by atoms with Gasteiger partial charge in [0.05, 0.1) is 0 Å². The molecule has 0 aliphatic heterocycles. The quantitative estimate of drug-likeness (QED) is 0.806. The van der Waals surface area contributed by atoms with Gasteiger partial charge in [-0.3, -0.25) is 0 Å². The molecule has 0 aliphatic carbocycles. The van der Waals surface area contributed by atoms with Gasteiger partial charge >= 0.3 is 0 Å². The van der Waals surface area contributed by atoms with Gasteiger partial charge < -0.3 is 10.5 Å². The molecule has 2 N–H and O–H groups in total. The molecule has 0 amide bonds. The van der Waals surface area contributed by atoms with Crippen molar-refractivity contribution in [3.8, 4) is 5.75 Å². The summed E-state index contributed by atoms with van der Waals surface area (Å²) < 4.78 is 18.4. The fourth-order valence-electron chi connectivity index (χ4n) is 1.01. The van der Waals surface area contributed by atoms with Crippen LogP contribution in [0.1, 0.15) is 19.4 Å². The van der Waals surface area contributed by atoms with E-state index >= 15 is 0 Å². The van der Waals surface area contributed by atoms with E-state index < -0.39 is 0 Å². The number of aryl methyl sites for hydroxylation is 1. The molecule has 0 aromatic heterocycles. The van der Waals surface area contributed by atoms with Crippen molar-refractivity contribution in [3.63, 3.8) is 0 Å². The van der Waals surface area contributed by atoms with Crippen LogP contribution in [0.5, 0.6) is 5.75 Å². The van der Waals surface area contributed by atoms with Gasteiger partial charge in [0.2, 0.25) is 0 Å². The molecule has 1 aromatic carbocycles. The van der Waals surface area contributed by atoms with Crippen molar-refractivity contribution in [2.75, 3.05) is 0 Å². The topological polar surface area (TPSA) is 35.2 Å². The van der Waals surface area contributed by atoms with E-state index in [1.54, 1.807) is 19.1 Å². The standard InChI is InChI=1S/C11H16FNO/c1-7-6-10(4-5-11(7)12)14-9(3)8(2)13/h4-6,8-9H,13H2,1-3H3. The molecule has 2 nitrogen and oxygen atoms in total. The predicted molar refractivity (Wildman–Crippen MR) is 54.9 cm³/mol. The minimum Gasteiger partial charge on any atom is -0.489 e. The summed E-state index contributed by atoms with van der Waals surface area (Å²) in [5.74, 6) is 0.444. The Morgan fingerprint density at radius 3 is 2.50 bits per heavy atom. The second-order valence-electron chi connectivity index (χ2n) is 3.59. The van der Waals surface area contributed by atoms with E-state index in [0.29, 0.717) is 11.3 Å². The van der Waals surface area contributed by atoms with Gasteiger partial charge in [-0.2, -0.15) is 0 Å². The zero-order valence-electron chi connectivity index (χ0n) is 8.75. The maximum absolute atomic E-state index is 12.9. The second kappa shape index (κ2) is 4.42. The lowest BCUT2D eigenvalue weighted by Gasteiger charge is -2.18. The van der Waals surface area contributed by atoms with Crippen LogP contribution in [0.2, 0.25) is 0 Å². The molecular formula is C11H16FNO. The molecule has 0 fully saturated rings. The smallest absolute Gasteiger partial charge is 0.126 e. The molecule has 14 heavy (non-hydrogen) atoms. The monoisotopic (exact) mass is 197 g/mol. The highest BCUT2D eigenvalue weighted by molar-refractivity contribution is 5.29. The van der Waals surface area contributed by atoms with Crippen LogP contribution < -0.4 is 10.5 Å². The van der Waals surface area contributed by atoms with Gasteiger partial charge in [0.25, 0.3) is 0 Å². The molecule has 3 heteroatoms. The van der Waals surface area contributed by atoms with Crippen molar-refractivity contribution in [1.29, 1.82) is 0 Å². The zero-order chi connectivity index (χ0) is 10.7. The van der Waals surface area contributed by atoms with Crippen LogP contribution in [-0.4, -0.2) is 12.1 Å². The highest BCUT2D eigenvalue weighted by Crippen LogP contribution is 2.17. The molecule has 0 heterocycles. The first kappa shape index (κ1) is 11.0. The minimum absolute atomic E-state index is 0.0413.